The van der Waals surface area contributed by atoms with Crippen molar-refractivity contribution in [1.29, 1.82) is 0 Å². The van der Waals surface area contributed by atoms with Crippen molar-refractivity contribution in [2.45, 2.75) is 59.8 Å². The van der Waals surface area contributed by atoms with Crippen molar-refractivity contribution in [1.82, 2.24) is 5.32 Å². The van der Waals surface area contributed by atoms with Crippen molar-refractivity contribution in [2.24, 2.45) is 17.8 Å². The lowest BCUT2D eigenvalue weighted by Gasteiger charge is -2.22. The Bertz CT molecular complexity index is 222. The molecule has 0 amide bonds. The number of hydrogen-bond acceptors (Lipinski definition) is 1. The fourth-order valence-electron chi connectivity index (χ4n) is 2.56. The zero-order chi connectivity index (χ0) is 12.7. The zero-order valence-electron chi connectivity index (χ0n) is 12.3. The van der Waals surface area contributed by atoms with Gasteiger partial charge in [0.2, 0.25) is 0 Å². The van der Waals surface area contributed by atoms with E-state index >= 15 is 0 Å². The quantitative estimate of drug-likeness (QED) is 0.675. The Kier molecular flexibility index (Phi) is 6.87. The van der Waals surface area contributed by atoms with Crippen molar-refractivity contribution >= 4 is 0 Å². The highest BCUT2D eigenvalue weighted by molar-refractivity contribution is 5.09. The molecule has 1 aliphatic carbocycles. The second-order valence-electron chi connectivity index (χ2n) is 6.32. The highest BCUT2D eigenvalue weighted by Gasteiger charge is 2.13. The Morgan fingerprint density at radius 1 is 1.12 bits per heavy atom. The molecule has 0 atom stereocenters. The maximum absolute atomic E-state index is 3.59. The monoisotopic (exact) mass is 237 g/mol. The van der Waals surface area contributed by atoms with Gasteiger partial charge >= 0.3 is 0 Å². The summed E-state index contributed by atoms with van der Waals surface area (Å²) in [7, 11) is 0. The van der Waals surface area contributed by atoms with Crippen LogP contribution >= 0.6 is 0 Å². The van der Waals surface area contributed by atoms with Crippen LogP contribution in [0.3, 0.4) is 0 Å². The molecule has 0 radical (unpaired) electrons. The largest absolute Gasteiger partial charge is 0.313 e. The molecule has 1 saturated carbocycles. The SMILES string of the molecule is CC(C)CNCC(=CC1CCCCC1)C(C)C. The lowest BCUT2D eigenvalue weighted by Crippen LogP contribution is -2.24. The Labute approximate surface area is 108 Å². The second kappa shape index (κ2) is 7.92. The predicted molar refractivity (Wildman–Crippen MR) is 77.2 cm³/mol. The van der Waals surface area contributed by atoms with E-state index in [4.69, 9.17) is 0 Å². The molecule has 0 spiro atoms. The minimum atomic E-state index is 0.691. The molecule has 100 valence electrons. The topological polar surface area (TPSA) is 12.0 Å². The van der Waals surface area contributed by atoms with Gasteiger partial charge in [0.05, 0.1) is 0 Å². The average molecular weight is 237 g/mol. The molecule has 0 aliphatic heterocycles. The molecule has 1 rings (SSSR count). The van der Waals surface area contributed by atoms with Gasteiger partial charge in [0.1, 0.15) is 0 Å². The van der Waals surface area contributed by atoms with Gasteiger partial charge in [-0.2, -0.15) is 0 Å². The van der Waals surface area contributed by atoms with Gasteiger partial charge in [-0.05, 0) is 37.1 Å². The Morgan fingerprint density at radius 3 is 2.29 bits per heavy atom. The van der Waals surface area contributed by atoms with Crippen LogP contribution in [-0.2, 0) is 0 Å². The van der Waals surface area contributed by atoms with Crippen LogP contribution in [-0.4, -0.2) is 13.1 Å². The zero-order valence-corrected chi connectivity index (χ0v) is 12.3. The number of rotatable bonds is 6. The molecule has 1 heteroatoms. The van der Waals surface area contributed by atoms with Crippen molar-refractivity contribution in [3.63, 3.8) is 0 Å². The molecule has 0 unspecified atom stereocenters. The van der Waals surface area contributed by atoms with E-state index in [9.17, 15) is 0 Å². The summed E-state index contributed by atoms with van der Waals surface area (Å²) >= 11 is 0. The number of hydrogen-bond donors (Lipinski definition) is 1. The van der Waals surface area contributed by atoms with Crippen molar-refractivity contribution in [2.75, 3.05) is 13.1 Å². The van der Waals surface area contributed by atoms with Crippen LogP contribution in [0.2, 0.25) is 0 Å². The molecule has 0 bridgehead atoms. The van der Waals surface area contributed by atoms with Crippen LogP contribution in [0.1, 0.15) is 59.8 Å². The number of nitrogens with one attached hydrogen (secondary N) is 1. The first kappa shape index (κ1) is 14.8. The van der Waals surface area contributed by atoms with Crippen LogP contribution in [0, 0.1) is 17.8 Å². The molecule has 0 saturated heterocycles. The maximum atomic E-state index is 3.59. The second-order valence-corrected chi connectivity index (χ2v) is 6.32. The summed E-state index contributed by atoms with van der Waals surface area (Å²) in [4.78, 5) is 0. The van der Waals surface area contributed by atoms with Gasteiger partial charge in [-0.25, -0.2) is 0 Å². The average Bonchev–Trinajstić information content (AvgIpc) is 2.28. The maximum Gasteiger partial charge on any atom is 0.0167 e. The van der Waals surface area contributed by atoms with E-state index in [-0.39, 0.29) is 0 Å². The molecular weight excluding hydrogens is 206 g/mol. The fraction of sp³-hybridized carbons (Fsp3) is 0.875. The minimum absolute atomic E-state index is 0.691. The third kappa shape index (κ3) is 6.26. The fourth-order valence-corrected chi connectivity index (χ4v) is 2.56. The molecule has 1 fully saturated rings. The van der Waals surface area contributed by atoms with Crippen molar-refractivity contribution < 1.29 is 0 Å². The van der Waals surface area contributed by atoms with E-state index in [1.54, 1.807) is 5.57 Å². The van der Waals surface area contributed by atoms with Crippen LogP contribution in [0.15, 0.2) is 11.6 Å². The molecule has 0 aromatic heterocycles. The van der Waals surface area contributed by atoms with Gasteiger partial charge in [-0.1, -0.05) is 58.6 Å². The first-order chi connectivity index (χ1) is 8.09. The van der Waals surface area contributed by atoms with Gasteiger partial charge in [0.15, 0.2) is 0 Å². The van der Waals surface area contributed by atoms with Gasteiger partial charge in [-0.15, -0.1) is 0 Å². The van der Waals surface area contributed by atoms with Gasteiger partial charge in [0.25, 0.3) is 0 Å². The summed E-state index contributed by atoms with van der Waals surface area (Å²) < 4.78 is 0. The lowest BCUT2D eigenvalue weighted by atomic mass is 9.86. The Balaban J connectivity index is 2.42. The molecule has 0 aromatic carbocycles. The van der Waals surface area contributed by atoms with Crippen LogP contribution in [0.5, 0.6) is 0 Å². The lowest BCUT2D eigenvalue weighted by molar-refractivity contribution is 0.414. The normalized spacial score (nSPS) is 19.3. The van der Waals surface area contributed by atoms with Crippen molar-refractivity contribution in [3.8, 4) is 0 Å². The minimum Gasteiger partial charge on any atom is -0.313 e. The Hall–Kier alpha value is -0.300. The van der Waals surface area contributed by atoms with E-state index < -0.39 is 0 Å². The summed E-state index contributed by atoms with van der Waals surface area (Å²) in [6.07, 6.45) is 9.74. The molecule has 17 heavy (non-hydrogen) atoms. The van der Waals surface area contributed by atoms with E-state index in [1.165, 1.54) is 32.1 Å². The molecular formula is C16H31N. The van der Waals surface area contributed by atoms with Gasteiger partial charge < -0.3 is 5.32 Å². The highest BCUT2D eigenvalue weighted by Crippen LogP contribution is 2.26. The Morgan fingerprint density at radius 2 is 1.76 bits per heavy atom. The van der Waals surface area contributed by atoms with E-state index in [1.807, 2.05) is 0 Å². The summed E-state index contributed by atoms with van der Waals surface area (Å²) in [5.41, 5.74) is 1.62. The van der Waals surface area contributed by atoms with Crippen LogP contribution in [0.4, 0.5) is 0 Å². The van der Waals surface area contributed by atoms with Crippen molar-refractivity contribution in [3.05, 3.63) is 11.6 Å². The summed E-state index contributed by atoms with van der Waals surface area (Å²) in [6, 6.07) is 0. The molecule has 1 aliphatic rings. The third-order valence-electron chi connectivity index (χ3n) is 3.72. The summed E-state index contributed by atoms with van der Waals surface area (Å²) in [5, 5.41) is 3.59. The first-order valence-corrected chi connectivity index (χ1v) is 7.51. The van der Waals surface area contributed by atoms with E-state index in [0.717, 1.165) is 24.9 Å². The predicted octanol–water partition coefficient (Wildman–Crippen LogP) is 4.39. The summed E-state index contributed by atoms with van der Waals surface area (Å²) in [6.45, 7) is 11.4. The standard InChI is InChI=1S/C16H31N/c1-13(2)11-17-12-16(14(3)4)10-15-8-6-5-7-9-15/h10,13-15,17H,5-9,11-12H2,1-4H3. The van der Waals surface area contributed by atoms with Gasteiger partial charge in [0, 0.05) is 6.54 Å². The third-order valence-corrected chi connectivity index (χ3v) is 3.72. The van der Waals surface area contributed by atoms with Crippen LogP contribution in [0.25, 0.3) is 0 Å². The molecule has 0 aromatic rings. The van der Waals surface area contributed by atoms with E-state index in [2.05, 4.69) is 39.1 Å². The highest BCUT2D eigenvalue weighted by atomic mass is 14.9. The number of allylic oxidation sites excluding steroid dienone is 1. The summed E-state index contributed by atoms with van der Waals surface area (Å²) in [5.74, 6) is 2.30. The molecule has 1 nitrogen and oxygen atoms in total. The smallest absolute Gasteiger partial charge is 0.0167 e. The molecule has 0 heterocycles. The van der Waals surface area contributed by atoms with E-state index in [0.29, 0.717) is 5.92 Å². The molecule has 1 N–H and O–H groups in total. The van der Waals surface area contributed by atoms with Gasteiger partial charge in [-0.3, -0.25) is 0 Å². The van der Waals surface area contributed by atoms with Crippen LogP contribution < -0.4 is 5.32 Å². The first-order valence-electron chi connectivity index (χ1n) is 7.51.